The summed E-state index contributed by atoms with van der Waals surface area (Å²) in [5.41, 5.74) is 0.916. The maximum atomic E-state index is 11.8. The van der Waals surface area contributed by atoms with Gasteiger partial charge in [-0.2, -0.15) is 0 Å². The molecular formula is C12H15N3O4. The molecule has 1 aromatic rings. The van der Waals surface area contributed by atoms with Gasteiger partial charge >= 0.3 is 6.09 Å². The number of carbonyl (C=O) groups excluding carboxylic acids is 1. The van der Waals surface area contributed by atoms with Gasteiger partial charge in [0.1, 0.15) is 6.61 Å². The summed E-state index contributed by atoms with van der Waals surface area (Å²) in [4.78, 5) is 23.8. The van der Waals surface area contributed by atoms with Crippen LogP contribution in [0.15, 0.2) is 30.3 Å². The zero-order valence-corrected chi connectivity index (χ0v) is 10.4. The summed E-state index contributed by atoms with van der Waals surface area (Å²) in [5, 5.41) is 11.2. The lowest BCUT2D eigenvalue weighted by Gasteiger charge is -2.29. The van der Waals surface area contributed by atoms with Crippen LogP contribution in [0, 0.1) is 10.1 Å². The van der Waals surface area contributed by atoms with Crippen molar-refractivity contribution in [3.63, 3.8) is 0 Å². The summed E-state index contributed by atoms with van der Waals surface area (Å²) < 4.78 is 5.16. The van der Waals surface area contributed by atoms with Crippen LogP contribution in [-0.2, 0) is 11.3 Å². The van der Waals surface area contributed by atoms with Gasteiger partial charge in [-0.3, -0.25) is 0 Å². The highest BCUT2D eigenvalue weighted by Gasteiger charge is 2.26. The highest BCUT2D eigenvalue weighted by atomic mass is 16.7. The lowest BCUT2D eigenvalue weighted by molar-refractivity contribution is -0.657. The molecule has 1 aliphatic heterocycles. The van der Waals surface area contributed by atoms with Crippen LogP contribution in [0.3, 0.4) is 0 Å². The molecule has 1 aliphatic rings. The zero-order chi connectivity index (χ0) is 13.7. The second-order valence-electron chi connectivity index (χ2n) is 4.22. The van der Waals surface area contributed by atoms with Crippen LogP contribution in [0.1, 0.15) is 5.56 Å². The third-order valence-electron chi connectivity index (χ3n) is 2.95. The largest absolute Gasteiger partial charge is 0.445 e. The molecule has 0 N–H and O–H groups in total. The molecule has 1 heterocycles. The minimum atomic E-state index is -0.438. The van der Waals surface area contributed by atoms with Crippen molar-refractivity contribution >= 4 is 6.09 Å². The van der Waals surface area contributed by atoms with Crippen molar-refractivity contribution < 1.29 is 14.6 Å². The van der Waals surface area contributed by atoms with Crippen molar-refractivity contribution in [2.45, 2.75) is 6.61 Å². The lowest BCUT2D eigenvalue weighted by Crippen LogP contribution is -2.50. The van der Waals surface area contributed by atoms with E-state index in [9.17, 15) is 14.9 Å². The van der Waals surface area contributed by atoms with E-state index in [1.165, 1.54) is 4.90 Å². The van der Waals surface area contributed by atoms with Gasteiger partial charge in [0.25, 0.3) is 0 Å². The monoisotopic (exact) mass is 265 g/mol. The smallest absolute Gasteiger partial charge is 0.410 e. The summed E-state index contributed by atoms with van der Waals surface area (Å²) in [6, 6.07) is 9.39. The number of ether oxygens (including phenoxy) is 1. The highest BCUT2D eigenvalue weighted by Crippen LogP contribution is 2.06. The summed E-state index contributed by atoms with van der Waals surface area (Å²) in [6.07, 6.45) is -0.424. The predicted molar refractivity (Wildman–Crippen MR) is 66.8 cm³/mol. The molecule has 0 atom stereocenters. The Morgan fingerprint density at radius 1 is 1.21 bits per heavy atom. The van der Waals surface area contributed by atoms with Crippen LogP contribution < -0.4 is 0 Å². The number of piperazine rings is 1. The van der Waals surface area contributed by atoms with Gasteiger partial charge in [-0.25, -0.2) is 14.9 Å². The second-order valence-corrected chi connectivity index (χ2v) is 4.22. The molecule has 0 bridgehead atoms. The molecule has 0 saturated carbocycles. The molecule has 0 aliphatic carbocycles. The number of rotatable bonds is 3. The van der Waals surface area contributed by atoms with Gasteiger partial charge in [-0.05, 0) is 5.56 Å². The van der Waals surface area contributed by atoms with Gasteiger partial charge in [0.05, 0.1) is 13.1 Å². The molecule has 0 spiro atoms. The molecule has 0 radical (unpaired) electrons. The maximum Gasteiger partial charge on any atom is 0.410 e. The molecular weight excluding hydrogens is 250 g/mol. The highest BCUT2D eigenvalue weighted by molar-refractivity contribution is 5.67. The minimum Gasteiger partial charge on any atom is -0.445 e. The van der Waals surface area contributed by atoms with E-state index in [2.05, 4.69) is 0 Å². The average Bonchev–Trinajstić information content (AvgIpc) is 2.46. The number of nitro groups is 1. The van der Waals surface area contributed by atoms with E-state index >= 15 is 0 Å². The first kappa shape index (κ1) is 13.1. The number of carbonyl (C=O) groups is 1. The summed E-state index contributed by atoms with van der Waals surface area (Å²) in [6.45, 7) is 1.30. The second kappa shape index (κ2) is 6.03. The molecule has 2 rings (SSSR count). The molecule has 102 valence electrons. The van der Waals surface area contributed by atoms with Crippen LogP contribution in [0.25, 0.3) is 0 Å². The van der Waals surface area contributed by atoms with Crippen LogP contribution in [-0.4, -0.2) is 47.2 Å². The van der Waals surface area contributed by atoms with Gasteiger partial charge in [0.2, 0.25) is 0 Å². The molecule has 0 unspecified atom stereocenters. The number of amides is 1. The van der Waals surface area contributed by atoms with Crippen LogP contribution in [0.5, 0.6) is 0 Å². The van der Waals surface area contributed by atoms with Crippen LogP contribution in [0.4, 0.5) is 4.79 Å². The lowest BCUT2D eigenvalue weighted by atomic mass is 10.2. The Hall–Kier alpha value is -2.31. The fraction of sp³-hybridized carbons (Fsp3) is 0.417. The first-order valence-electron chi connectivity index (χ1n) is 6.01. The SMILES string of the molecule is O=C(OCc1ccccc1)N1CCN([N+](=O)[O-])CC1. The van der Waals surface area contributed by atoms with Gasteiger partial charge in [0.15, 0.2) is 5.03 Å². The number of nitrogens with zero attached hydrogens (tertiary/aromatic N) is 3. The van der Waals surface area contributed by atoms with Crippen molar-refractivity contribution in [1.82, 2.24) is 9.91 Å². The Morgan fingerprint density at radius 3 is 2.42 bits per heavy atom. The summed E-state index contributed by atoms with van der Waals surface area (Å²) >= 11 is 0. The molecule has 1 amide bonds. The zero-order valence-electron chi connectivity index (χ0n) is 10.4. The molecule has 7 nitrogen and oxygen atoms in total. The van der Waals surface area contributed by atoms with Gasteiger partial charge in [-0.1, -0.05) is 30.3 Å². The molecule has 0 aromatic heterocycles. The number of hydrazine groups is 1. The third-order valence-corrected chi connectivity index (χ3v) is 2.95. The van der Waals surface area contributed by atoms with Crippen LogP contribution >= 0.6 is 0 Å². The Kier molecular flexibility index (Phi) is 4.17. The third kappa shape index (κ3) is 3.57. The first-order chi connectivity index (χ1) is 9.16. The van der Waals surface area contributed by atoms with E-state index in [-0.39, 0.29) is 19.7 Å². The Labute approximate surface area is 110 Å². The minimum absolute atomic E-state index is 0.217. The maximum absolute atomic E-state index is 11.8. The first-order valence-corrected chi connectivity index (χ1v) is 6.01. The van der Waals surface area contributed by atoms with Crippen molar-refractivity contribution in [3.05, 3.63) is 46.0 Å². The molecule has 19 heavy (non-hydrogen) atoms. The standard InChI is InChI=1S/C12H15N3O4/c16-12(19-10-11-4-2-1-3-5-11)13-6-8-14(9-7-13)15(17)18/h1-5H,6-10H2. The van der Waals surface area contributed by atoms with Gasteiger partial charge in [-0.15, -0.1) is 5.01 Å². The topological polar surface area (TPSA) is 75.9 Å². The molecule has 1 saturated heterocycles. The number of benzene rings is 1. The van der Waals surface area contributed by atoms with E-state index in [0.717, 1.165) is 10.6 Å². The van der Waals surface area contributed by atoms with E-state index in [0.29, 0.717) is 13.1 Å². The Morgan fingerprint density at radius 2 is 1.84 bits per heavy atom. The van der Waals surface area contributed by atoms with Crippen molar-refractivity contribution in [2.75, 3.05) is 26.2 Å². The van der Waals surface area contributed by atoms with Crippen LogP contribution in [0.2, 0.25) is 0 Å². The number of hydrogen-bond donors (Lipinski definition) is 0. The normalized spacial score (nSPS) is 15.2. The quantitative estimate of drug-likeness (QED) is 0.605. The predicted octanol–water partition coefficient (Wildman–Crippen LogP) is 1.13. The summed E-state index contributed by atoms with van der Waals surface area (Å²) in [7, 11) is 0. The molecule has 1 fully saturated rings. The molecule has 7 heteroatoms. The van der Waals surface area contributed by atoms with E-state index in [4.69, 9.17) is 4.74 Å². The number of hydrogen-bond acceptors (Lipinski definition) is 4. The van der Waals surface area contributed by atoms with Gasteiger partial charge < -0.3 is 9.64 Å². The van der Waals surface area contributed by atoms with Crippen molar-refractivity contribution in [3.8, 4) is 0 Å². The Bertz CT molecular complexity index is 444. The molecule has 1 aromatic carbocycles. The van der Waals surface area contributed by atoms with E-state index < -0.39 is 11.1 Å². The summed E-state index contributed by atoms with van der Waals surface area (Å²) in [5.74, 6) is 0. The van der Waals surface area contributed by atoms with Crippen molar-refractivity contribution in [2.24, 2.45) is 0 Å². The fourth-order valence-electron chi connectivity index (χ4n) is 1.85. The Balaban J connectivity index is 1.77. The van der Waals surface area contributed by atoms with Gasteiger partial charge in [0, 0.05) is 13.1 Å². The van der Waals surface area contributed by atoms with E-state index in [1.807, 2.05) is 30.3 Å². The average molecular weight is 265 g/mol. The fourth-order valence-corrected chi connectivity index (χ4v) is 1.85. The van der Waals surface area contributed by atoms with Crippen molar-refractivity contribution in [1.29, 1.82) is 0 Å². The van der Waals surface area contributed by atoms with E-state index in [1.54, 1.807) is 0 Å².